The van der Waals surface area contributed by atoms with Crippen molar-refractivity contribution in [3.05, 3.63) is 23.9 Å². The van der Waals surface area contributed by atoms with Crippen molar-refractivity contribution in [3.63, 3.8) is 0 Å². The molecule has 2 rings (SSSR count). The van der Waals surface area contributed by atoms with Crippen LogP contribution in [-0.4, -0.2) is 31.1 Å². The lowest BCUT2D eigenvalue weighted by Gasteiger charge is -2.41. The van der Waals surface area contributed by atoms with E-state index in [0.29, 0.717) is 24.4 Å². The molecule has 128 valence electrons. The van der Waals surface area contributed by atoms with Gasteiger partial charge in [0.1, 0.15) is 0 Å². The second-order valence-electron chi connectivity index (χ2n) is 6.34. The zero-order valence-corrected chi connectivity index (χ0v) is 14.7. The molecular formula is C18H30N4O. The second-order valence-corrected chi connectivity index (χ2v) is 6.34. The molecule has 23 heavy (non-hydrogen) atoms. The number of ether oxygens (including phenoxy) is 1. The van der Waals surface area contributed by atoms with E-state index in [1.54, 1.807) is 0 Å². The normalized spacial score (nSPS) is 16.6. The molecule has 0 aliphatic heterocycles. The van der Waals surface area contributed by atoms with E-state index in [4.69, 9.17) is 4.74 Å². The summed E-state index contributed by atoms with van der Waals surface area (Å²) in [5, 5.41) is 6.82. The van der Waals surface area contributed by atoms with Gasteiger partial charge in [-0.3, -0.25) is 4.99 Å². The SMILES string of the molecule is CCCOc1ccc(CNC(=NC)NCC2(CC)CCC2)cn1. The Morgan fingerprint density at radius 3 is 2.65 bits per heavy atom. The van der Waals surface area contributed by atoms with Crippen molar-refractivity contribution < 1.29 is 4.74 Å². The predicted octanol–water partition coefficient (Wildman–Crippen LogP) is 3.12. The number of rotatable bonds is 8. The summed E-state index contributed by atoms with van der Waals surface area (Å²) in [6.45, 7) is 6.79. The summed E-state index contributed by atoms with van der Waals surface area (Å²) >= 11 is 0. The van der Waals surface area contributed by atoms with E-state index in [-0.39, 0.29) is 0 Å². The monoisotopic (exact) mass is 318 g/mol. The van der Waals surface area contributed by atoms with Crippen LogP contribution in [-0.2, 0) is 6.54 Å². The Morgan fingerprint density at radius 2 is 2.13 bits per heavy atom. The van der Waals surface area contributed by atoms with Gasteiger partial charge in [0.25, 0.3) is 0 Å². The van der Waals surface area contributed by atoms with E-state index in [0.717, 1.165) is 24.5 Å². The van der Waals surface area contributed by atoms with Gasteiger partial charge in [0.05, 0.1) is 6.61 Å². The van der Waals surface area contributed by atoms with Crippen molar-refractivity contribution >= 4 is 5.96 Å². The third-order valence-corrected chi connectivity index (χ3v) is 4.73. The molecule has 0 saturated heterocycles. The minimum absolute atomic E-state index is 0.484. The number of aromatic nitrogens is 1. The molecule has 0 radical (unpaired) electrons. The quantitative estimate of drug-likeness (QED) is 0.571. The molecule has 5 nitrogen and oxygen atoms in total. The highest BCUT2D eigenvalue weighted by Crippen LogP contribution is 2.42. The van der Waals surface area contributed by atoms with Crippen LogP contribution < -0.4 is 15.4 Å². The Kier molecular flexibility index (Phi) is 6.68. The van der Waals surface area contributed by atoms with Gasteiger partial charge in [-0.15, -0.1) is 0 Å². The molecule has 5 heteroatoms. The first-order valence-corrected chi connectivity index (χ1v) is 8.73. The van der Waals surface area contributed by atoms with Gasteiger partial charge >= 0.3 is 0 Å². The van der Waals surface area contributed by atoms with Crippen molar-refractivity contribution in [1.29, 1.82) is 0 Å². The van der Waals surface area contributed by atoms with E-state index in [1.807, 2.05) is 25.4 Å². The van der Waals surface area contributed by atoms with Crippen LogP contribution in [0.5, 0.6) is 5.88 Å². The fourth-order valence-electron chi connectivity index (χ4n) is 2.82. The number of aliphatic imine (C=N–C) groups is 1. The fourth-order valence-corrected chi connectivity index (χ4v) is 2.82. The lowest BCUT2D eigenvalue weighted by atomic mass is 9.67. The Hall–Kier alpha value is -1.78. The molecule has 0 spiro atoms. The molecule has 1 aliphatic carbocycles. The Balaban J connectivity index is 1.76. The average Bonchev–Trinajstić information content (AvgIpc) is 2.56. The minimum atomic E-state index is 0.484. The largest absolute Gasteiger partial charge is 0.478 e. The zero-order chi connectivity index (χ0) is 16.5. The Labute approximate surface area is 139 Å². The number of hydrogen-bond acceptors (Lipinski definition) is 3. The average molecular weight is 318 g/mol. The highest BCUT2D eigenvalue weighted by atomic mass is 16.5. The maximum atomic E-state index is 5.50. The van der Waals surface area contributed by atoms with E-state index in [9.17, 15) is 0 Å². The first-order chi connectivity index (χ1) is 11.2. The number of pyridine rings is 1. The molecule has 2 N–H and O–H groups in total. The van der Waals surface area contributed by atoms with Crippen molar-refractivity contribution in [3.8, 4) is 5.88 Å². The molecule has 0 amide bonds. The van der Waals surface area contributed by atoms with Crippen LogP contribution in [0.15, 0.2) is 23.3 Å². The van der Waals surface area contributed by atoms with Gasteiger partial charge < -0.3 is 15.4 Å². The van der Waals surface area contributed by atoms with Crippen LogP contribution in [0.3, 0.4) is 0 Å². The first kappa shape index (κ1) is 17.6. The number of nitrogens with one attached hydrogen (secondary N) is 2. The van der Waals surface area contributed by atoms with Gasteiger partial charge in [-0.1, -0.05) is 26.3 Å². The molecule has 0 bridgehead atoms. The zero-order valence-electron chi connectivity index (χ0n) is 14.7. The van der Waals surface area contributed by atoms with Crippen LogP contribution in [0.25, 0.3) is 0 Å². The molecule has 0 atom stereocenters. The van der Waals surface area contributed by atoms with Gasteiger partial charge in [-0.05, 0) is 36.7 Å². The summed E-state index contributed by atoms with van der Waals surface area (Å²) in [5.41, 5.74) is 1.60. The van der Waals surface area contributed by atoms with Gasteiger partial charge in [-0.2, -0.15) is 0 Å². The van der Waals surface area contributed by atoms with E-state index >= 15 is 0 Å². The third-order valence-electron chi connectivity index (χ3n) is 4.73. The standard InChI is InChI=1S/C18H30N4O/c1-4-11-23-16-8-7-15(12-20-16)13-21-17(19-3)22-14-18(5-2)9-6-10-18/h7-8,12H,4-6,9-11,13-14H2,1-3H3,(H2,19,21,22). The van der Waals surface area contributed by atoms with Crippen LogP contribution in [0.4, 0.5) is 0 Å². The van der Waals surface area contributed by atoms with E-state index in [1.165, 1.54) is 25.7 Å². The van der Waals surface area contributed by atoms with Gasteiger partial charge in [0.15, 0.2) is 5.96 Å². The molecule has 1 saturated carbocycles. The number of hydrogen-bond donors (Lipinski definition) is 2. The lowest BCUT2D eigenvalue weighted by molar-refractivity contribution is 0.131. The van der Waals surface area contributed by atoms with Gasteiger partial charge in [-0.25, -0.2) is 4.98 Å². The van der Waals surface area contributed by atoms with Crippen molar-refractivity contribution in [2.24, 2.45) is 10.4 Å². The first-order valence-electron chi connectivity index (χ1n) is 8.73. The van der Waals surface area contributed by atoms with Crippen LogP contribution in [0.1, 0.15) is 51.5 Å². The number of guanidine groups is 1. The molecule has 1 aromatic rings. The van der Waals surface area contributed by atoms with Gasteiger partial charge in [0, 0.05) is 32.4 Å². The smallest absolute Gasteiger partial charge is 0.213 e. The van der Waals surface area contributed by atoms with Gasteiger partial charge in [0.2, 0.25) is 5.88 Å². The lowest BCUT2D eigenvalue weighted by Crippen LogP contribution is -2.46. The summed E-state index contributed by atoms with van der Waals surface area (Å²) in [6, 6.07) is 3.96. The molecule has 1 aromatic heterocycles. The molecule has 0 unspecified atom stereocenters. The predicted molar refractivity (Wildman–Crippen MR) is 94.8 cm³/mol. The Morgan fingerprint density at radius 1 is 1.30 bits per heavy atom. The maximum Gasteiger partial charge on any atom is 0.213 e. The van der Waals surface area contributed by atoms with Crippen LogP contribution >= 0.6 is 0 Å². The fraction of sp³-hybridized carbons (Fsp3) is 0.667. The third kappa shape index (κ3) is 5.12. The summed E-state index contributed by atoms with van der Waals surface area (Å²) in [5.74, 6) is 1.55. The highest BCUT2D eigenvalue weighted by molar-refractivity contribution is 5.79. The van der Waals surface area contributed by atoms with Crippen molar-refractivity contribution in [2.45, 2.75) is 52.5 Å². The van der Waals surface area contributed by atoms with Crippen LogP contribution in [0, 0.1) is 5.41 Å². The van der Waals surface area contributed by atoms with Crippen molar-refractivity contribution in [2.75, 3.05) is 20.2 Å². The summed E-state index contributed by atoms with van der Waals surface area (Å²) in [6.07, 6.45) is 8.10. The van der Waals surface area contributed by atoms with Crippen LogP contribution in [0.2, 0.25) is 0 Å². The molecule has 1 fully saturated rings. The van der Waals surface area contributed by atoms with Crippen molar-refractivity contribution in [1.82, 2.24) is 15.6 Å². The minimum Gasteiger partial charge on any atom is -0.478 e. The molecule has 0 aromatic carbocycles. The topological polar surface area (TPSA) is 58.5 Å². The molecule has 1 heterocycles. The summed E-state index contributed by atoms with van der Waals surface area (Å²) < 4.78 is 5.50. The maximum absolute atomic E-state index is 5.50. The highest BCUT2D eigenvalue weighted by Gasteiger charge is 2.34. The summed E-state index contributed by atoms with van der Waals surface area (Å²) in [7, 11) is 1.81. The number of nitrogens with zero attached hydrogens (tertiary/aromatic N) is 2. The second kappa shape index (κ2) is 8.75. The molecule has 1 aliphatic rings. The summed E-state index contributed by atoms with van der Waals surface area (Å²) in [4.78, 5) is 8.62. The van der Waals surface area contributed by atoms with E-state index < -0.39 is 0 Å². The van der Waals surface area contributed by atoms with E-state index in [2.05, 4.69) is 34.5 Å². The molecular weight excluding hydrogens is 288 g/mol. The Bertz CT molecular complexity index is 489.